The Morgan fingerprint density at radius 2 is 1.75 bits per heavy atom. The Hall–Kier alpha value is -0.665. The van der Waals surface area contributed by atoms with E-state index in [0.717, 1.165) is 35.4 Å². The number of thioether (sulfide) groups is 1. The SMILES string of the molecule is CC1(C)OB(c2cnc(SCCCC3CCN(CCN)CC3)nc2)OC1(C)C. The maximum atomic E-state index is 6.06. The summed E-state index contributed by atoms with van der Waals surface area (Å²) < 4.78 is 12.1. The molecular formula is C20H35BN4O2S. The number of rotatable bonds is 8. The minimum absolute atomic E-state index is 0.342. The molecule has 2 saturated heterocycles. The van der Waals surface area contributed by atoms with Crippen molar-refractivity contribution in [3.05, 3.63) is 12.4 Å². The minimum atomic E-state index is -0.394. The van der Waals surface area contributed by atoms with Crippen LogP contribution in [0.1, 0.15) is 53.4 Å². The van der Waals surface area contributed by atoms with E-state index in [-0.39, 0.29) is 11.2 Å². The fourth-order valence-corrected chi connectivity index (χ4v) is 4.47. The standard InChI is InChI=1S/C20H35BN4O2S/c1-19(2)20(3,4)27-21(26-19)17-14-23-18(24-15-17)28-13-5-6-16-7-10-25(11-8-16)12-9-22/h14-16H,5-13,22H2,1-4H3. The minimum Gasteiger partial charge on any atom is -0.399 e. The van der Waals surface area contributed by atoms with Crippen LogP contribution >= 0.6 is 11.8 Å². The lowest BCUT2D eigenvalue weighted by molar-refractivity contribution is 0.00578. The van der Waals surface area contributed by atoms with E-state index < -0.39 is 7.12 Å². The van der Waals surface area contributed by atoms with Gasteiger partial charge in [0, 0.05) is 36.7 Å². The van der Waals surface area contributed by atoms with Crippen molar-refractivity contribution in [2.45, 2.75) is 69.7 Å². The molecule has 2 fully saturated rings. The molecule has 1 aromatic rings. The highest BCUT2D eigenvalue weighted by Gasteiger charge is 2.51. The molecule has 0 unspecified atom stereocenters. The van der Waals surface area contributed by atoms with Crippen LogP contribution in [0.4, 0.5) is 0 Å². The second kappa shape index (κ2) is 9.43. The molecule has 0 saturated carbocycles. The molecule has 28 heavy (non-hydrogen) atoms. The summed E-state index contributed by atoms with van der Waals surface area (Å²) in [6.45, 7) is 12.5. The Balaban J connectivity index is 1.38. The maximum absolute atomic E-state index is 6.06. The number of nitrogens with zero attached hydrogens (tertiary/aromatic N) is 3. The van der Waals surface area contributed by atoms with Gasteiger partial charge in [0.1, 0.15) is 0 Å². The summed E-state index contributed by atoms with van der Waals surface area (Å²) in [4.78, 5) is 11.5. The summed E-state index contributed by atoms with van der Waals surface area (Å²) in [6, 6.07) is 0. The van der Waals surface area contributed by atoms with Crippen LogP contribution in [0.15, 0.2) is 17.6 Å². The first-order chi connectivity index (χ1) is 13.3. The van der Waals surface area contributed by atoms with Crippen LogP contribution in [0.25, 0.3) is 0 Å². The monoisotopic (exact) mass is 406 g/mol. The van der Waals surface area contributed by atoms with Gasteiger partial charge >= 0.3 is 7.12 Å². The molecule has 156 valence electrons. The zero-order valence-corrected chi connectivity index (χ0v) is 18.6. The fourth-order valence-electron chi connectivity index (χ4n) is 3.72. The van der Waals surface area contributed by atoms with Gasteiger partial charge in [-0.1, -0.05) is 11.8 Å². The lowest BCUT2D eigenvalue weighted by Gasteiger charge is -2.32. The first-order valence-electron chi connectivity index (χ1n) is 10.5. The normalized spacial score (nSPS) is 22.7. The number of hydrogen-bond donors (Lipinski definition) is 1. The van der Waals surface area contributed by atoms with Gasteiger partial charge in [0.05, 0.1) is 11.2 Å². The van der Waals surface area contributed by atoms with Gasteiger partial charge in [-0.3, -0.25) is 0 Å². The van der Waals surface area contributed by atoms with Crippen LogP contribution in [0.2, 0.25) is 0 Å². The van der Waals surface area contributed by atoms with Crippen LogP contribution in [-0.2, 0) is 9.31 Å². The predicted octanol–water partition coefficient (Wildman–Crippen LogP) is 2.32. The second-order valence-corrected chi connectivity index (χ2v) is 10.0. The summed E-state index contributed by atoms with van der Waals surface area (Å²) in [6.07, 6.45) is 8.81. The Morgan fingerprint density at radius 3 is 2.32 bits per heavy atom. The van der Waals surface area contributed by atoms with Crippen LogP contribution in [-0.4, -0.2) is 65.1 Å². The van der Waals surface area contributed by atoms with Gasteiger partial charge in [-0.05, 0) is 72.4 Å². The molecule has 0 bridgehead atoms. The summed E-state index contributed by atoms with van der Waals surface area (Å²) in [5, 5.41) is 0.832. The zero-order chi connectivity index (χ0) is 20.2. The lowest BCUT2D eigenvalue weighted by Crippen LogP contribution is -2.41. The van der Waals surface area contributed by atoms with E-state index in [1.54, 1.807) is 11.8 Å². The second-order valence-electron chi connectivity index (χ2n) is 8.95. The average molecular weight is 406 g/mol. The zero-order valence-electron chi connectivity index (χ0n) is 17.8. The van der Waals surface area contributed by atoms with Gasteiger partial charge in [-0.2, -0.15) is 0 Å². The third kappa shape index (κ3) is 5.48. The number of nitrogens with two attached hydrogens (primary N) is 1. The molecule has 2 aliphatic rings. The molecule has 2 aliphatic heterocycles. The van der Waals surface area contributed by atoms with E-state index in [9.17, 15) is 0 Å². The summed E-state index contributed by atoms with van der Waals surface area (Å²) >= 11 is 1.74. The van der Waals surface area contributed by atoms with Gasteiger partial charge in [0.2, 0.25) is 0 Å². The van der Waals surface area contributed by atoms with E-state index in [2.05, 4.69) is 42.6 Å². The smallest absolute Gasteiger partial charge is 0.399 e. The van der Waals surface area contributed by atoms with E-state index in [1.165, 1.54) is 38.8 Å². The number of likely N-dealkylation sites (tertiary alicyclic amines) is 1. The van der Waals surface area contributed by atoms with Gasteiger partial charge < -0.3 is 19.9 Å². The van der Waals surface area contributed by atoms with Gasteiger partial charge in [0.25, 0.3) is 0 Å². The van der Waals surface area contributed by atoms with Crippen molar-refractivity contribution in [2.24, 2.45) is 11.7 Å². The molecule has 0 amide bonds. The van der Waals surface area contributed by atoms with Crippen LogP contribution in [0.5, 0.6) is 0 Å². The largest absolute Gasteiger partial charge is 0.498 e. The maximum Gasteiger partial charge on any atom is 0.498 e. The quantitative estimate of drug-likeness (QED) is 0.307. The topological polar surface area (TPSA) is 73.5 Å². The molecule has 8 heteroatoms. The molecule has 0 atom stereocenters. The summed E-state index contributed by atoms with van der Waals surface area (Å²) in [5.74, 6) is 1.93. The van der Waals surface area contributed by atoms with Crippen LogP contribution < -0.4 is 11.2 Å². The molecule has 2 N–H and O–H groups in total. The van der Waals surface area contributed by atoms with Crippen molar-refractivity contribution in [2.75, 3.05) is 31.9 Å². The number of hydrogen-bond acceptors (Lipinski definition) is 7. The number of piperidine rings is 1. The molecular weight excluding hydrogens is 371 g/mol. The van der Waals surface area contributed by atoms with Crippen molar-refractivity contribution in [3.63, 3.8) is 0 Å². The Labute approximate surface area is 174 Å². The number of aromatic nitrogens is 2. The predicted molar refractivity (Wildman–Crippen MR) is 116 cm³/mol. The first-order valence-corrected chi connectivity index (χ1v) is 11.5. The highest BCUT2D eigenvalue weighted by atomic mass is 32.2. The highest BCUT2D eigenvalue weighted by molar-refractivity contribution is 7.99. The van der Waals surface area contributed by atoms with Gasteiger partial charge in [-0.25, -0.2) is 9.97 Å². The molecule has 3 heterocycles. The van der Waals surface area contributed by atoms with Crippen LogP contribution in [0, 0.1) is 5.92 Å². The third-order valence-corrected chi connectivity index (χ3v) is 7.28. The molecule has 0 aromatic carbocycles. The van der Waals surface area contributed by atoms with Crippen molar-refractivity contribution in [1.29, 1.82) is 0 Å². The van der Waals surface area contributed by atoms with E-state index >= 15 is 0 Å². The average Bonchev–Trinajstić information content (AvgIpc) is 2.88. The van der Waals surface area contributed by atoms with Crippen molar-refractivity contribution < 1.29 is 9.31 Å². The van der Waals surface area contributed by atoms with Crippen molar-refractivity contribution >= 4 is 24.3 Å². The molecule has 0 spiro atoms. The molecule has 0 radical (unpaired) electrons. The van der Waals surface area contributed by atoms with Crippen molar-refractivity contribution in [3.8, 4) is 0 Å². The van der Waals surface area contributed by atoms with Crippen LogP contribution in [0.3, 0.4) is 0 Å². The first kappa shape index (κ1) is 22.0. The Bertz CT molecular complexity index is 605. The lowest BCUT2D eigenvalue weighted by atomic mass is 9.81. The van der Waals surface area contributed by atoms with Crippen molar-refractivity contribution in [1.82, 2.24) is 14.9 Å². The highest BCUT2D eigenvalue weighted by Crippen LogP contribution is 2.36. The molecule has 6 nitrogen and oxygen atoms in total. The molecule has 3 rings (SSSR count). The Morgan fingerprint density at radius 1 is 1.14 bits per heavy atom. The van der Waals surface area contributed by atoms with E-state index in [0.29, 0.717) is 0 Å². The van der Waals surface area contributed by atoms with Gasteiger partial charge in [0.15, 0.2) is 5.16 Å². The summed E-state index contributed by atoms with van der Waals surface area (Å²) in [7, 11) is -0.394. The van der Waals surface area contributed by atoms with E-state index in [1.807, 2.05) is 12.4 Å². The molecule has 1 aromatic heterocycles. The summed E-state index contributed by atoms with van der Waals surface area (Å²) in [5.41, 5.74) is 5.84. The Kier molecular flexibility index (Phi) is 7.42. The fraction of sp³-hybridized carbons (Fsp3) is 0.800. The van der Waals surface area contributed by atoms with E-state index in [4.69, 9.17) is 15.0 Å². The third-order valence-electron chi connectivity index (χ3n) is 6.31. The van der Waals surface area contributed by atoms with Gasteiger partial charge in [-0.15, -0.1) is 0 Å². The molecule has 0 aliphatic carbocycles.